The molecule has 6 heteroatoms. The van der Waals surface area contributed by atoms with Crippen molar-refractivity contribution in [1.82, 2.24) is 9.97 Å². The summed E-state index contributed by atoms with van der Waals surface area (Å²) >= 11 is 0. The van der Waals surface area contributed by atoms with Gasteiger partial charge in [-0.2, -0.15) is 0 Å². The van der Waals surface area contributed by atoms with Gasteiger partial charge in [-0.05, 0) is 49.2 Å². The van der Waals surface area contributed by atoms with Gasteiger partial charge in [0, 0.05) is 17.4 Å². The van der Waals surface area contributed by atoms with Gasteiger partial charge < -0.3 is 15.7 Å². The second kappa shape index (κ2) is 7.00. The molecule has 0 fully saturated rings. The van der Waals surface area contributed by atoms with Crippen LogP contribution in [0.1, 0.15) is 21.5 Å². The summed E-state index contributed by atoms with van der Waals surface area (Å²) in [6.45, 7) is 4.11. The van der Waals surface area contributed by atoms with Crippen LogP contribution in [0.15, 0.2) is 54.9 Å². The van der Waals surface area contributed by atoms with Crippen LogP contribution in [0.25, 0.3) is 0 Å². The molecule has 126 valence electrons. The lowest BCUT2D eigenvalue weighted by Gasteiger charge is -2.12. The van der Waals surface area contributed by atoms with E-state index in [-0.39, 0.29) is 5.56 Å². The number of carboxylic acid groups (broad SMARTS) is 1. The zero-order valence-electron chi connectivity index (χ0n) is 13.9. The van der Waals surface area contributed by atoms with E-state index in [0.29, 0.717) is 17.3 Å². The van der Waals surface area contributed by atoms with Crippen LogP contribution in [0.2, 0.25) is 0 Å². The smallest absolute Gasteiger partial charge is 0.335 e. The Labute approximate surface area is 145 Å². The standard InChI is InChI=1S/C19H18N4O2/c1-12-5-3-8-16(13(12)2)23-18-10-17(20-11-21-18)22-15-7-4-6-14(9-15)19(24)25/h3-11H,1-2H3,(H,24,25)(H2,20,21,22,23). The highest BCUT2D eigenvalue weighted by molar-refractivity contribution is 5.89. The topological polar surface area (TPSA) is 87.1 Å². The number of anilines is 4. The zero-order valence-corrected chi connectivity index (χ0v) is 13.9. The quantitative estimate of drug-likeness (QED) is 0.645. The minimum atomic E-state index is -0.969. The fraction of sp³-hybridized carbons (Fsp3) is 0.105. The minimum absolute atomic E-state index is 0.216. The lowest BCUT2D eigenvalue weighted by Crippen LogP contribution is -2.01. The molecule has 2 aromatic carbocycles. The molecule has 1 heterocycles. The molecular formula is C19H18N4O2. The highest BCUT2D eigenvalue weighted by Gasteiger charge is 2.06. The molecule has 0 radical (unpaired) electrons. The number of rotatable bonds is 5. The normalized spacial score (nSPS) is 10.3. The molecule has 3 aromatic rings. The maximum absolute atomic E-state index is 11.1. The van der Waals surface area contributed by atoms with Crippen LogP contribution in [0.4, 0.5) is 23.0 Å². The molecule has 0 saturated carbocycles. The van der Waals surface area contributed by atoms with E-state index >= 15 is 0 Å². The molecule has 0 aliphatic heterocycles. The summed E-state index contributed by atoms with van der Waals surface area (Å²) in [4.78, 5) is 19.5. The maximum atomic E-state index is 11.1. The fourth-order valence-corrected chi connectivity index (χ4v) is 2.40. The summed E-state index contributed by atoms with van der Waals surface area (Å²) in [6, 6.07) is 14.4. The van der Waals surface area contributed by atoms with Gasteiger partial charge in [0.25, 0.3) is 0 Å². The first kappa shape index (κ1) is 16.4. The first-order valence-electron chi connectivity index (χ1n) is 7.78. The molecule has 25 heavy (non-hydrogen) atoms. The summed E-state index contributed by atoms with van der Waals surface area (Å²) in [5.41, 5.74) is 4.20. The number of aromatic nitrogens is 2. The second-order valence-corrected chi connectivity index (χ2v) is 5.67. The van der Waals surface area contributed by atoms with Crippen LogP contribution in [0.5, 0.6) is 0 Å². The summed E-state index contributed by atoms with van der Waals surface area (Å²) < 4.78 is 0. The highest BCUT2D eigenvalue weighted by atomic mass is 16.4. The lowest BCUT2D eigenvalue weighted by molar-refractivity contribution is 0.0697. The number of hydrogen-bond donors (Lipinski definition) is 3. The maximum Gasteiger partial charge on any atom is 0.335 e. The van der Waals surface area contributed by atoms with E-state index in [2.05, 4.69) is 40.5 Å². The lowest BCUT2D eigenvalue weighted by atomic mass is 10.1. The molecule has 0 aliphatic carbocycles. The van der Waals surface area contributed by atoms with Crippen molar-refractivity contribution in [2.45, 2.75) is 13.8 Å². The van der Waals surface area contributed by atoms with Crippen molar-refractivity contribution in [2.75, 3.05) is 10.6 Å². The third-order valence-corrected chi connectivity index (χ3v) is 3.92. The van der Waals surface area contributed by atoms with E-state index in [4.69, 9.17) is 5.11 Å². The Kier molecular flexibility index (Phi) is 4.61. The molecule has 0 bridgehead atoms. The summed E-state index contributed by atoms with van der Waals surface area (Å²) in [6.07, 6.45) is 1.46. The summed E-state index contributed by atoms with van der Waals surface area (Å²) in [7, 11) is 0. The Bertz CT molecular complexity index is 925. The molecule has 6 nitrogen and oxygen atoms in total. The van der Waals surface area contributed by atoms with Crippen LogP contribution < -0.4 is 10.6 Å². The average Bonchev–Trinajstić information content (AvgIpc) is 2.59. The molecular weight excluding hydrogens is 316 g/mol. The van der Waals surface area contributed by atoms with Crippen molar-refractivity contribution < 1.29 is 9.90 Å². The van der Waals surface area contributed by atoms with Gasteiger partial charge in [-0.15, -0.1) is 0 Å². The third kappa shape index (κ3) is 3.92. The van der Waals surface area contributed by atoms with Crippen LogP contribution >= 0.6 is 0 Å². The first-order valence-corrected chi connectivity index (χ1v) is 7.78. The van der Waals surface area contributed by atoms with Crippen LogP contribution in [-0.4, -0.2) is 21.0 Å². The number of carboxylic acids is 1. The van der Waals surface area contributed by atoms with Gasteiger partial charge in [-0.1, -0.05) is 18.2 Å². The number of nitrogens with one attached hydrogen (secondary N) is 2. The van der Waals surface area contributed by atoms with Gasteiger partial charge in [0.15, 0.2) is 0 Å². The molecule has 0 unspecified atom stereocenters. The second-order valence-electron chi connectivity index (χ2n) is 5.67. The van der Waals surface area contributed by atoms with E-state index in [0.717, 1.165) is 11.3 Å². The molecule has 3 rings (SSSR count). The Morgan fingerprint density at radius 2 is 1.68 bits per heavy atom. The van der Waals surface area contributed by atoms with Crippen LogP contribution in [0, 0.1) is 13.8 Å². The van der Waals surface area contributed by atoms with E-state index in [9.17, 15) is 4.79 Å². The van der Waals surface area contributed by atoms with E-state index in [1.165, 1.54) is 11.9 Å². The van der Waals surface area contributed by atoms with Gasteiger partial charge in [0.1, 0.15) is 18.0 Å². The Morgan fingerprint density at radius 3 is 2.44 bits per heavy atom. The SMILES string of the molecule is Cc1cccc(Nc2cc(Nc3cccc(C(=O)O)c3)ncn2)c1C. The Hall–Kier alpha value is -3.41. The van der Waals surface area contributed by atoms with Crippen LogP contribution in [0.3, 0.4) is 0 Å². The first-order chi connectivity index (χ1) is 12.0. The Balaban J connectivity index is 1.81. The number of hydrogen-bond acceptors (Lipinski definition) is 5. The number of aromatic carboxylic acids is 1. The molecule has 1 aromatic heterocycles. The molecule has 0 atom stereocenters. The monoisotopic (exact) mass is 334 g/mol. The number of carbonyl (C=O) groups is 1. The van der Waals surface area contributed by atoms with Crippen molar-refractivity contribution in [3.63, 3.8) is 0 Å². The van der Waals surface area contributed by atoms with Crippen molar-refractivity contribution >= 4 is 29.0 Å². The predicted molar refractivity (Wildman–Crippen MR) is 97.9 cm³/mol. The van der Waals surface area contributed by atoms with Gasteiger partial charge in [-0.3, -0.25) is 0 Å². The molecule has 0 amide bonds. The van der Waals surface area contributed by atoms with Gasteiger partial charge in [0.05, 0.1) is 5.56 Å². The molecule has 0 saturated heterocycles. The van der Waals surface area contributed by atoms with Gasteiger partial charge >= 0.3 is 5.97 Å². The molecule has 0 spiro atoms. The number of benzene rings is 2. The number of aryl methyl sites for hydroxylation is 1. The van der Waals surface area contributed by atoms with Crippen LogP contribution in [-0.2, 0) is 0 Å². The molecule has 0 aliphatic rings. The highest BCUT2D eigenvalue weighted by Crippen LogP contribution is 2.23. The van der Waals surface area contributed by atoms with E-state index in [1.807, 2.05) is 12.1 Å². The minimum Gasteiger partial charge on any atom is -0.478 e. The van der Waals surface area contributed by atoms with E-state index < -0.39 is 5.97 Å². The van der Waals surface area contributed by atoms with E-state index in [1.54, 1.807) is 30.3 Å². The van der Waals surface area contributed by atoms with Gasteiger partial charge in [-0.25, -0.2) is 14.8 Å². The average molecular weight is 334 g/mol. The fourth-order valence-electron chi connectivity index (χ4n) is 2.40. The predicted octanol–water partition coefficient (Wildman–Crippen LogP) is 4.28. The third-order valence-electron chi connectivity index (χ3n) is 3.92. The molecule has 3 N–H and O–H groups in total. The van der Waals surface area contributed by atoms with Crippen molar-refractivity contribution in [1.29, 1.82) is 0 Å². The summed E-state index contributed by atoms with van der Waals surface area (Å²) in [5.74, 6) is 0.259. The van der Waals surface area contributed by atoms with Crippen molar-refractivity contribution in [3.05, 3.63) is 71.5 Å². The Morgan fingerprint density at radius 1 is 0.960 bits per heavy atom. The largest absolute Gasteiger partial charge is 0.478 e. The number of nitrogens with zero attached hydrogens (tertiary/aromatic N) is 2. The van der Waals surface area contributed by atoms with Crippen molar-refractivity contribution in [3.8, 4) is 0 Å². The zero-order chi connectivity index (χ0) is 17.8. The summed E-state index contributed by atoms with van der Waals surface area (Å²) in [5, 5.41) is 15.4. The van der Waals surface area contributed by atoms with Crippen molar-refractivity contribution in [2.24, 2.45) is 0 Å². The van der Waals surface area contributed by atoms with Gasteiger partial charge in [0.2, 0.25) is 0 Å².